The van der Waals surface area contributed by atoms with Crippen LogP contribution in [0.1, 0.15) is 67.2 Å². The van der Waals surface area contributed by atoms with Crippen LogP contribution in [0.15, 0.2) is 12.1 Å². The van der Waals surface area contributed by atoms with Gasteiger partial charge in [0, 0.05) is 17.6 Å². The molecule has 0 unspecified atom stereocenters. The summed E-state index contributed by atoms with van der Waals surface area (Å²) < 4.78 is 2.37. The van der Waals surface area contributed by atoms with Gasteiger partial charge in [-0.3, -0.25) is 0 Å². The Kier molecular flexibility index (Phi) is 4.40. The second-order valence-electron chi connectivity index (χ2n) is 5.99. The molecule has 3 nitrogen and oxygen atoms in total. The van der Waals surface area contributed by atoms with Gasteiger partial charge in [0.15, 0.2) is 0 Å². The highest BCUT2D eigenvalue weighted by molar-refractivity contribution is 5.97. The first kappa shape index (κ1) is 15.6. The molecule has 0 atom stereocenters. The van der Waals surface area contributed by atoms with Gasteiger partial charge in [-0.2, -0.15) is 0 Å². The van der Waals surface area contributed by atoms with Gasteiger partial charge in [0.2, 0.25) is 0 Å². The Morgan fingerprint density at radius 1 is 1.29 bits per heavy atom. The van der Waals surface area contributed by atoms with Crippen molar-refractivity contribution in [2.24, 2.45) is 0 Å². The Morgan fingerprint density at radius 3 is 2.43 bits per heavy atom. The highest BCUT2D eigenvalue weighted by atomic mass is 16.4. The first-order valence-corrected chi connectivity index (χ1v) is 7.81. The number of carbonyl (C=O) groups is 1. The molecule has 2 aromatic rings. The van der Waals surface area contributed by atoms with Crippen LogP contribution in [0.25, 0.3) is 10.9 Å². The van der Waals surface area contributed by atoms with Crippen LogP contribution in [0, 0.1) is 6.92 Å². The summed E-state index contributed by atoms with van der Waals surface area (Å²) in [5.74, 6) is -0.539. The highest BCUT2D eigenvalue weighted by Gasteiger charge is 2.19. The fraction of sp³-hybridized carbons (Fsp3) is 0.500. The van der Waals surface area contributed by atoms with E-state index in [-0.39, 0.29) is 0 Å². The predicted molar refractivity (Wildman–Crippen MR) is 87.4 cm³/mol. The Hall–Kier alpha value is -1.77. The average molecular weight is 287 g/mol. The third-order valence-electron chi connectivity index (χ3n) is 4.25. The number of carboxylic acid groups (broad SMARTS) is 1. The standard InChI is InChI=1S/C18H25NO2/c1-6-8-19-12(5)14(7-2)16-10-13(18(20)21)9-15(11(3)4)17(16)19/h9-11H,6-8H2,1-5H3,(H,20,21). The van der Waals surface area contributed by atoms with E-state index in [1.807, 2.05) is 12.1 Å². The summed E-state index contributed by atoms with van der Waals surface area (Å²) in [7, 11) is 0. The molecule has 0 saturated carbocycles. The van der Waals surface area contributed by atoms with Gasteiger partial charge >= 0.3 is 5.97 Å². The molecule has 0 fully saturated rings. The van der Waals surface area contributed by atoms with Crippen LogP contribution in [-0.2, 0) is 13.0 Å². The molecule has 0 radical (unpaired) electrons. The van der Waals surface area contributed by atoms with Gasteiger partial charge in [-0.15, -0.1) is 0 Å². The summed E-state index contributed by atoms with van der Waals surface area (Å²) in [4.78, 5) is 11.4. The van der Waals surface area contributed by atoms with Crippen molar-refractivity contribution in [2.75, 3.05) is 0 Å². The predicted octanol–water partition coefficient (Wildman–Crippen LogP) is 4.74. The number of fused-ring (bicyclic) bond motifs is 1. The lowest BCUT2D eigenvalue weighted by molar-refractivity contribution is 0.0697. The number of benzene rings is 1. The lowest BCUT2D eigenvalue weighted by Gasteiger charge is -2.14. The van der Waals surface area contributed by atoms with Crippen LogP contribution in [-0.4, -0.2) is 15.6 Å². The Bertz CT molecular complexity index is 680. The Balaban J connectivity index is 2.92. The van der Waals surface area contributed by atoms with Gasteiger partial charge < -0.3 is 9.67 Å². The van der Waals surface area contributed by atoms with Gasteiger partial charge in [0.1, 0.15) is 0 Å². The highest BCUT2D eigenvalue weighted by Crippen LogP contribution is 2.34. The van der Waals surface area contributed by atoms with Crippen LogP contribution in [0.2, 0.25) is 0 Å². The van der Waals surface area contributed by atoms with Gasteiger partial charge in [-0.1, -0.05) is 27.7 Å². The fourth-order valence-corrected chi connectivity index (χ4v) is 3.23. The van der Waals surface area contributed by atoms with Crippen LogP contribution >= 0.6 is 0 Å². The van der Waals surface area contributed by atoms with E-state index in [0.29, 0.717) is 11.5 Å². The average Bonchev–Trinajstić information content (AvgIpc) is 2.70. The van der Waals surface area contributed by atoms with Crippen LogP contribution in [0.5, 0.6) is 0 Å². The number of aromatic carboxylic acids is 1. The number of aromatic nitrogens is 1. The van der Waals surface area contributed by atoms with Crippen molar-refractivity contribution in [2.45, 2.75) is 59.9 Å². The van der Waals surface area contributed by atoms with Crippen molar-refractivity contribution in [1.82, 2.24) is 4.57 Å². The van der Waals surface area contributed by atoms with Crippen molar-refractivity contribution >= 4 is 16.9 Å². The summed E-state index contributed by atoms with van der Waals surface area (Å²) in [6.45, 7) is 11.7. The summed E-state index contributed by atoms with van der Waals surface area (Å²) in [6.07, 6.45) is 2.01. The van der Waals surface area contributed by atoms with Gasteiger partial charge in [-0.05, 0) is 48.9 Å². The maximum atomic E-state index is 11.4. The largest absolute Gasteiger partial charge is 0.478 e. The molecule has 114 valence electrons. The summed E-state index contributed by atoms with van der Waals surface area (Å²) in [5.41, 5.74) is 5.32. The molecule has 1 N–H and O–H groups in total. The second kappa shape index (κ2) is 5.92. The molecule has 1 heterocycles. The third-order valence-corrected chi connectivity index (χ3v) is 4.25. The third kappa shape index (κ3) is 2.57. The van der Waals surface area contributed by atoms with Crippen molar-refractivity contribution < 1.29 is 9.90 Å². The maximum Gasteiger partial charge on any atom is 0.335 e. The molecule has 0 aliphatic rings. The quantitative estimate of drug-likeness (QED) is 0.862. The smallest absolute Gasteiger partial charge is 0.335 e. The minimum absolute atomic E-state index is 0.307. The van der Waals surface area contributed by atoms with E-state index < -0.39 is 5.97 Å². The Labute approximate surface area is 126 Å². The zero-order chi connectivity index (χ0) is 15.7. The maximum absolute atomic E-state index is 11.4. The van der Waals surface area contributed by atoms with Gasteiger partial charge in [-0.25, -0.2) is 4.79 Å². The zero-order valence-corrected chi connectivity index (χ0v) is 13.7. The van der Waals surface area contributed by atoms with E-state index in [0.717, 1.165) is 30.3 Å². The molecule has 21 heavy (non-hydrogen) atoms. The fourth-order valence-electron chi connectivity index (χ4n) is 3.23. The molecule has 0 spiro atoms. The normalized spacial score (nSPS) is 11.5. The van der Waals surface area contributed by atoms with E-state index in [9.17, 15) is 9.90 Å². The topological polar surface area (TPSA) is 42.2 Å². The number of hydrogen-bond acceptors (Lipinski definition) is 1. The molecule has 0 amide bonds. The number of rotatable bonds is 5. The number of hydrogen-bond donors (Lipinski definition) is 1. The van der Waals surface area contributed by atoms with E-state index >= 15 is 0 Å². The molecule has 1 aromatic carbocycles. The summed E-state index contributed by atoms with van der Waals surface area (Å²) in [6, 6.07) is 3.70. The minimum atomic E-state index is -0.846. The molecule has 0 bridgehead atoms. The number of nitrogens with zero attached hydrogens (tertiary/aromatic N) is 1. The van der Waals surface area contributed by atoms with Crippen LogP contribution in [0.3, 0.4) is 0 Å². The van der Waals surface area contributed by atoms with E-state index in [4.69, 9.17) is 0 Å². The Morgan fingerprint density at radius 2 is 1.95 bits per heavy atom. The van der Waals surface area contributed by atoms with Crippen molar-refractivity contribution in [3.63, 3.8) is 0 Å². The number of aryl methyl sites for hydroxylation is 2. The van der Waals surface area contributed by atoms with Crippen molar-refractivity contribution in [1.29, 1.82) is 0 Å². The molecular weight excluding hydrogens is 262 g/mol. The molecule has 3 heteroatoms. The molecule has 1 aromatic heterocycles. The lowest BCUT2D eigenvalue weighted by Crippen LogP contribution is -2.04. The van der Waals surface area contributed by atoms with E-state index in [1.165, 1.54) is 16.8 Å². The van der Waals surface area contributed by atoms with Crippen molar-refractivity contribution in [3.05, 3.63) is 34.5 Å². The zero-order valence-electron chi connectivity index (χ0n) is 13.7. The van der Waals surface area contributed by atoms with Crippen LogP contribution < -0.4 is 0 Å². The monoisotopic (exact) mass is 287 g/mol. The first-order valence-electron chi connectivity index (χ1n) is 7.81. The summed E-state index contributed by atoms with van der Waals surface area (Å²) in [5, 5.41) is 10.5. The molecule has 0 saturated heterocycles. The first-order chi connectivity index (χ1) is 9.92. The molecule has 0 aliphatic heterocycles. The number of carboxylic acids is 1. The molecule has 0 aliphatic carbocycles. The molecule has 2 rings (SSSR count). The minimum Gasteiger partial charge on any atom is -0.478 e. The summed E-state index contributed by atoms with van der Waals surface area (Å²) >= 11 is 0. The van der Waals surface area contributed by atoms with Crippen molar-refractivity contribution in [3.8, 4) is 0 Å². The second-order valence-corrected chi connectivity index (χ2v) is 5.99. The van der Waals surface area contributed by atoms with Gasteiger partial charge in [0.25, 0.3) is 0 Å². The molecular formula is C18H25NO2. The van der Waals surface area contributed by atoms with Crippen LogP contribution in [0.4, 0.5) is 0 Å². The van der Waals surface area contributed by atoms with E-state index in [1.54, 1.807) is 0 Å². The van der Waals surface area contributed by atoms with E-state index in [2.05, 4.69) is 39.2 Å². The van der Waals surface area contributed by atoms with Gasteiger partial charge in [0.05, 0.1) is 11.1 Å². The SMILES string of the molecule is CCCn1c(C)c(CC)c2cc(C(=O)O)cc(C(C)C)c21. The lowest BCUT2D eigenvalue weighted by atomic mass is 9.96.